The highest BCUT2D eigenvalue weighted by atomic mass is 35.5. The molecule has 0 heterocycles. The normalized spacial score (nSPS) is 14.4. The number of aliphatic hydroxyl groups is 2. The van der Waals surface area contributed by atoms with Gasteiger partial charge in [-0.3, -0.25) is 19.2 Å². The molecule has 0 aliphatic rings. The lowest BCUT2D eigenvalue weighted by Gasteiger charge is -2.21. The Labute approximate surface area is 228 Å². The summed E-state index contributed by atoms with van der Waals surface area (Å²) in [5.74, 6) is -2.35. The van der Waals surface area contributed by atoms with E-state index < -0.39 is 53.2 Å². The molecule has 0 aliphatic heterocycles. The van der Waals surface area contributed by atoms with E-state index in [9.17, 15) is 29.4 Å². The van der Waals surface area contributed by atoms with Crippen LogP contribution in [0.25, 0.3) is 0 Å². The highest BCUT2D eigenvalue weighted by Crippen LogP contribution is 2.11. The van der Waals surface area contributed by atoms with Crippen LogP contribution in [-0.4, -0.2) is 76.5 Å². The lowest BCUT2D eigenvalue weighted by molar-refractivity contribution is -0.155. The molecule has 4 atom stereocenters. The summed E-state index contributed by atoms with van der Waals surface area (Å²) in [4.78, 5) is 45.7. The van der Waals surface area contributed by atoms with Crippen LogP contribution in [0.5, 0.6) is 0 Å². The molecule has 0 bridgehead atoms. The summed E-state index contributed by atoms with van der Waals surface area (Å²) in [5, 5.41) is 24.0. The van der Waals surface area contributed by atoms with Crippen molar-refractivity contribution in [3.8, 4) is 0 Å². The van der Waals surface area contributed by atoms with Crippen molar-refractivity contribution < 1.29 is 38.9 Å². The van der Waals surface area contributed by atoms with Crippen molar-refractivity contribution in [2.75, 3.05) is 13.1 Å². The maximum absolute atomic E-state index is 11.6. The molecule has 0 spiro atoms. The number of amides is 2. The molecule has 0 radical (unpaired) electrons. The van der Waals surface area contributed by atoms with Gasteiger partial charge in [-0.15, -0.1) is 12.4 Å². The van der Waals surface area contributed by atoms with Crippen molar-refractivity contribution in [3.05, 3.63) is 0 Å². The number of aliphatic hydroxyl groups excluding tert-OH is 2. The molecule has 0 aromatic carbocycles. The molecule has 12 heteroatoms. The molecule has 0 rings (SSSR count). The smallest absolute Gasteiger partial charge is 0.325 e. The van der Waals surface area contributed by atoms with Gasteiger partial charge >= 0.3 is 11.9 Å². The van der Waals surface area contributed by atoms with Crippen LogP contribution < -0.4 is 16.4 Å². The zero-order chi connectivity index (χ0) is 28.7. The van der Waals surface area contributed by atoms with Crippen molar-refractivity contribution in [1.29, 1.82) is 0 Å². The molecule has 4 unspecified atom stereocenters. The number of hydrogen-bond donors (Lipinski definition) is 5. The SMILES string of the molecule is CCCC(C)C(O)C(=O)NCC(=O)OC(C)(C)C.CCCC(N)C(O)C(=O)NCC(=O)OC(C)(C)C.Cl. The molecule has 11 nitrogen and oxygen atoms in total. The fourth-order valence-corrected chi connectivity index (χ4v) is 2.84. The summed E-state index contributed by atoms with van der Waals surface area (Å²) >= 11 is 0. The first-order valence-electron chi connectivity index (χ1n) is 12.4. The molecular formula is C25H50ClN3O8. The largest absolute Gasteiger partial charge is 0.459 e. The Kier molecular flexibility index (Phi) is 20.5. The molecule has 0 fully saturated rings. The minimum atomic E-state index is -1.30. The summed E-state index contributed by atoms with van der Waals surface area (Å²) in [6.07, 6.45) is 0.608. The van der Waals surface area contributed by atoms with E-state index in [-0.39, 0.29) is 31.4 Å². The maximum atomic E-state index is 11.6. The number of ether oxygens (including phenoxy) is 2. The highest BCUT2D eigenvalue weighted by molar-refractivity contribution is 5.86. The number of esters is 2. The van der Waals surface area contributed by atoms with Crippen LogP contribution >= 0.6 is 12.4 Å². The van der Waals surface area contributed by atoms with Crippen molar-refractivity contribution in [1.82, 2.24) is 10.6 Å². The van der Waals surface area contributed by atoms with Gasteiger partial charge in [0.15, 0.2) is 0 Å². The fourth-order valence-electron chi connectivity index (χ4n) is 2.84. The van der Waals surface area contributed by atoms with Gasteiger partial charge in [-0.2, -0.15) is 0 Å². The van der Waals surface area contributed by atoms with Crippen LogP contribution in [0.15, 0.2) is 0 Å². The quantitative estimate of drug-likeness (QED) is 0.224. The van der Waals surface area contributed by atoms with Crippen LogP contribution in [0.2, 0.25) is 0 Å². The van der Waals surface area contributed by atoms with Gasteiger partial charge in [0.2, 0.25) is 5.91 Å². The first-order chi connectivity index (χ1) is 16.3. The Bertz CT molecular complexity index is 634. The summed E-state index contributed by atoms with van der Waals surface area (Å²) in [5.41, 5.74) is 4.44. The Morgan fingerprint density at radius 1 is 0.757 bits per heavy atom. The maximum Gasteiger partial charge on any atom is 0.325 e. The molecule has 0 saturated heterocycles. The Morgan fingerprint density at radius 3 is 1.43 bits per heavy atom. The van der Waals surface area contributed by atoms with Crippen molar-refractivity contribution >= 4 is 36.2 Å². The van der Waals surface area contributed by atoms with E-state index in [0.29, 0.717) is 6.42 Å². The average molecular weight is 556 g/mol. The number of nitrogens with two attached hydrogens (primary N) is 1. The van der Waals surface area contributed by atoms with Gasteiger partial charge in [0, 0.05) is 6.04 Å². The van der Waals surface area contributed by atoms with E-state index in [1.165, 1.54) is 0 Å². The second-order valence-electron chi connectivity index (χ2n) is 10.7. The van der Waals surface area contributed by atoms with E-state index >= 15 is 0 Å². The van der Waals surface area contributed by atoms with Gasteiger partial charge in [0.05, 0.1) is 0 Å². The minimum absolute atomic E-state index is 0. The molecule has 37 heavy (non-hydrogen) atoms. The van der Waals surface area contributed by atoms with E-state index in [1.54, 1.807) is 48.5 Å². The molecule has 2 amide bonds. The predicted molar refractivity (Wildman–Crippen MR) is 144 cm³/mol. The molecule has 220 valence electrons. The Hall–Kier alpha value is -1.95. The Morgan fingerprint density at radius 2 is 1.11 bits per heavy atom. The van der Waals surface area contributed by atoms with E-state index in [1.807, 2.05) is 13.8 Å². The van der Waals surface area contributed by atoms with Crippen LogP contribution in [0.1, 0.15) is 88.0 Å². The molecule has 0 aromatic heterocycles. The molecule has 0 saturated carbocycles. The van der Waals surface area contributed by atoms with E-state index in [2.05, 4.69) is 10.6 Å². The molecular weight excluding hydrogens is 506 g/mol. The molecule has 6 N–H and O–H groups in total. The third kappa shape index (κ3) is 21.8. The average Bonchev–Trinajstić information content (AvgIpc) is 2.73. The first kappa shape index (κ1) is 39.6. The third-order valence-corrected chi connectivity index (χ3v) is 4.50. The predicted octanol–water partition coefficient (Wildman–Crippen LogP) is 1.60. The van der Waals surface area contributed by atoms with Crippen LogP contribution in [0.3, 0.4) is 0 Å². The zero-order valence-electron chi connectivity index (χ0n) is 23.9. The second kappa shape index (κ2) is 19.2. The number of carbonyl (C=O) groups excluding carboxylic acids is 4. The van der Waals surface area contributed by atoms with Crippen LogP contribution in [0, 0.1) is 5.92 Å². The lowest BCUT2D eigenvalue weighted by Crippen LogP contribution is -2.48. The van der Waals surface area contributed by atoms with Crippen molar-refractivity contribution in [2.45, 2.75) is 117 Å². The summed E-state index contributed by atoms with van der Waals surface area (Å²) in [6, 6.07) is -0.617. The molecule has 0 aliphatic carbocycles. The minimum Gasteiger partial charge on any atom is -0.459 e. The van der Waals surface area contributed by atoms with Gasteiger partial charge in [0.1, 0.15) is 36.5 Å². The summed E-state index contributed by atoms with van der Waals surface area (Å²) < 4.78 is 10.0. The Balaban J connectivity index is -0.000000608. The summed E-state index contributed by atoms with van der Waals surface area (Å²) in [7, 11) is 0. The van der Waals surface area contributed by atoms with Crippen LogP contribution in [-0.2, 0) is 28.7 Å². The topological polar surface area (TPSA) is 177 Å². The van der Waals surface area contributed by atoms with Crippen molar-refractivity contribution in [3.63, 3.8) is 0 Å². The monoisotopic (exact) mass is 555 g/mol. The number of nitrogens with one attached hydrogen (secondary N) is 2. The van der Waals surface area contributed by atoms with Gasteiger partial charge < -0.3 is 36.1 Å². The first-order valence-corrected chi connectivity index (χ1v) is 12.4. The zero-order valence-corrected chi connectivity index (χ0v) is 24.7. The standard InChI is InChI=1S/C13H25NO4.C12H24N2O4.ClH/c1-6-7-9(2)11(16)12(17)14-8-10(15)18-13(3,4)5;1-5-6-8(13)10(16)11(17)14-7-9(15)18-12(2,3)4;/h9,11,16H,6-8H2,1-5H3,(H,14,17);8,10,16H,5-7,13H2,1-4H3,(H,14,17);1H. The third-order valence-electron chi connectivity index (χ3n) is 4.50. The van der Waals surface area contributed by atoms with Gasteiger partial charge in [-0.25, -0.2) is 0 Å². The van der Waals surface area contributed by atoms with Gasteiger partial charge in [0.25, 0.3) is 5.91 Å². The summed E-state index contributed by atoms with van der Waals surface area (Å²) in [6.45, 7) is 15.7. The van der Waals surface area contributed by atoms with Crippen molar-refractivity contribution in [2.24, 2.45) is 11.7 Å². The van der Waals surface area contributed by atoms with Gasteiger partial charge in [-0.1, -0.05) is 33.6 Å². The highest BCUT2D eigenvalue weighted by Gasteiger charge is 2.24. The molecule has 0 aromatic rings. The number of halogens is 1. The second-order valence-corrected chi connectivity index (χ2v) is 10.7. The lowest BCUT2D eigenvalue weighted by atomic mass is 9.99. The number of hydrogen-bond acceptors (Lipinski definition) is 9. The van der Waals surface area contributed by atoms with E-state index in [0.717, 1.165) is 19.3 Å². The fraction of sp³-hybridized carbons (Fsp3) is 0.840. The number of carbonyl (C=O) groups is 4. The number of rotatable bonds is 12. The van der Waals surface area contributed by atoms with Crippen LogP contribution in [0.4, 0.5) is 0 Å². The van der Waals surface area contributed by atoms with Gasteiger partial charge in [-0.05, 0) is 60.3 Å². The van der Waals surface area contributed by atoms with E-state index in [4.69, 9.17) is 15.2 Å².